The molecule has 472 valence electrons. The van der Waals surface area contributed by atoms with Gasteiger partial charge in [0, 0.05) is 79.2 Å². The summed E-state index contributed by atoms with van der Waals surface area (Å²) >= 11 is 0. The Morgan fingerprint density at radius 1 is 0.471 bits per heavy atom. The Bertz CT molecular complexity index is 2620. The van der Waals surface area contributed by atoms with Gasteiger partial charge in [0.15, 0.2) is 0 Å². The number of esters is 2. The Labute approximate surface area is 512 Å². The predicted octanol–water partition coefficient (Wildman–Crippen LogP) is 14.5. The molecule has 12 nitrogen and oxygen atoms in total. The fourth-order valence-corrected chi connectivity index (χ4v) is 13.6. The van der Waals surface area contributed by atoms with E-state index in [1.165, 1.54) is 0 Å². The van der Waals surface area contributed by atoms with Gasteiger partial charge < -0.3 is 39.4 Å². The van der Waals surface area contributed by atoms with Gasteiger partial charge in [-0.3, -0.25) is 19.4 Å². The monoisotopic (exact) mass is 1170 g/mol. The molecule has 2 heterocycles. The second-order valence-corrected chi connectivity index (χ2v) is 32.2. The first-order chi connectivity index (χ1) is 38.8. The van der Waals surface area contributed by atoms with E-state index in [4.69, 9.17) is 18.9 Å². The molecule has 0 aromatic heterocycles. The summed E-state index contributed by atoms with van der Waals surface area (Å²) in [7, 11) is 0. The summed E-state index contributed by atoms with van der Waals surface area (Å²) in [6.45, 7) is 47.7. The molecule has 6 rings (SSSR count). The second kappa shape index (κ2) is 25.5. The molecule has 12 heteroatoms. The highest BCUT2D eigenvalue weighted by atomic mass is 16.5. The summed E-state index contributed by atoms with van der Waals surface area (Å²) in [6, 6.07) is 24.2. The number of ether oxygens (including phenoxy) is 4. The van der Waals surface area contributed by atoms with E-state index in [-0.39, 0.29) is 99.4 Å². The molecule has 2 atom stereocenters. The number of rotatable bonds is 20. The van der Waals surface area contributed by atoms with Gasteiger partial charge in [-0.1, -0.05) is 145 Å². The number of aryl methyl sites for hydroxylation is 2. The number of hydrogen-bond acceptors (Lipinski definition) is 12. The lowest BCUT2D eigenvalue weighted by Gasteiger charge is -2.55. The number of piperidine rings is 2. The van der Waals surface area contributed by atoms with Gasteiger partial charge in [-0.05, 0) is 159 Å². The van der Waals surface area contributed by atoms with Crippen molar-refractivity contribution in [2.24, 2.45) is 0 Å². The number of likely N-dealkylation sites (tertiary alicyclic amines) is 2. The van der Waals surface area contributed by atoms with Gasteiger partial charge >= 0.3 is 11.9 Å². The lowest BCUT2D eigenvalue weighted by molar-refractivity contribution is -0.163. The van der Waals surface area contributed by atoms with E-state index in [0.717, 1.165) is 44.5 Å². The van der Waals surface area contributed by atoms with Crippen molar-refractivity contribution >= 4 is 11.9 Å². The van der Waals surface area contributed by atoms with Crippen LogP contribution in [-0.4, -0.2) is 115 Å². The highest BCUT2D eigenvalue weighted by Gasteiger charge is 2.49. The zero-order valence-electron chi connectivity index (χ0n) is 56.4. The number of β-amino-alcohol motifs (C(OH)–C–C–N with tert-alkyl or cyclic N) is 2. The Morgan fingerprint density at radius 3 is 0.976 bits per heavy atom. The zero-order chi connectivity index (χ0) is 63.8. The Balaban J connectivity index is 0.949. The quantitative estimate of drug-likeness (QED) is 0.0622. The fraction of sp³-hybridized carbons (Fsp3) is 0.644. The number of aliphatic hydroxyl groups is 2. The van der Waals surface area contributed by atoms with Gasteiger partial charge in [0.1, 0.15) is 60.6 Å². The van der Waals surface area contributed by atoms with Crippen LogP contribution in [0.5, 0.6) is 23.0 Å². The van der Waals surface area contributed by atoms with E-state index < -0.39 is 12.2 Å². The zero-order valence-corrected chi connectivity index (χ0v) is 56.4. The van der Waals surface area contributed by atoms with Gasteiger partial charge in [0.2, 0.25) is 0 Å². The van der Waals surface area contributed by atoms with Crippen LogP contribution >= 0.6 is 0 Å². The lowest BCUT2D eigenvalue weighted by atomic mass is 9.77. The average molecular weight is 1180 g/mol. The van der Waals surface area contributed by atoms with E-state index in [1.807, 2.05) is 48.5 Å². The number of benzene rings is 4. The molecule has 2 unspecified atom stereocenters. The molecule has 0 saturated carbocycles. The molecule has 0 amide bonds. The van der Waals surface area contributed by atoms with E-state index in [9.17, 15) is 30.0 Å². The van der Waals surface area contributed by atoms with Crippen molar-refractivity contribution < 1.29 is 49.0 Å². The predicted molar refractivity (Wildman–Crippen MR) is 344 cm³/mol. The van der Waals surface area contributed by atoms with Gasteiger partial charge in [-0.2, -0.15) is 0 Å². The summed E-state index contributed by atoms with van der Waals surface area (Å²) < 4.78 is 24.7. The Hall–Kier alpha value is -5.14. The third-order valence-electron chi connectivity index (χ3n) is 18.1. The molecule has 2 aliphatic rings. The highest BCUT2D eigenvalue weighted by Crippen LogP contribution is 2.45. The van der Waals surface area contributed by atoms with Crippen molar-refractivity contribution in [3.63, 3.8) is 0 Å². The van der Waals surface area contributed by atoms with Crippen molar-refractivity contribution in [3.8, 4) is 23.0 Å². The van der Waals surface area contributed by atoms with Crippen LogP contribution in [0.15, 0.2) is 72.8 Å². The molecule has 2 saturated heterocycles. The van der Waals surface area contributed by atoms with Crippen LogP contribution in [0, 0.1) is 0 Å². The van der Waals surface area contributed by atoms with E-state index in [0.29, 0.717) is 74.6 Å². The molecule has 4 aromatic carbocycles. The summed E-state index contributed by atoms with van der Waals surface area (Å²) in [5.41, 5.74) is 4.95. The van der Waals surface area contributed by atoms with Gasteiger partial charge in [0.05, 0.1) is 0 Å². The first kappa shape index (κ1) is 69.0. The Kier molecular flexibility index (Phi) is 20.7. The number of aromatic hydroxyl groups is 2. The number of hydrogen-bond donors (Lipinski definition) is 4. The first-order valence-electron chi connectivity index (χ1n) is 31.3. The van der Waals surface area contributed by atoms with Crippen LogP contribution in [0.4, 0.5) is 0 Å². The molecule has 2 aliphatic heterocycles. The minimum atomic E-state index is -0.757. The number of carbonyl (C=O) groups is 2. The number of phenols is 2. The molecule has 85 heavy (non-hydrogen) atoms. The number of carbonyl (C=O) groups excluding carboxylic acids is 2. The number of aliphatic hydroxyl groups excluding tert-OH is 2. The molecule has 4 N–H and O–H groups in total. The topological polar surface area (TPSA) is 158 Å². The third kappa shape index (κ3) is 17.6. The maximum absolute atomic E-state index is 13.4. The van der Waals surface area contributed by atoms with Crippen molar-refractivity contribution in [2.45, 2.75) is 277 Å². The van der Waals surface area contributed by atoms with Crippen LogP contribution in [0.1, 0.15) is 235 Å². The van der Waals surface area contributed by atoms with Crippen molar-refractivity contribution in [1.82, 2.24) is 9.80 Å². The summed E-state index contributed by atoms with van der Waals surface area (Å²) in [4.78, 5) is 31.5. The van der Waals surface area contributed by atoms with Crippen molar-refractivity contribution in [3.05, 3.63) is 117 Å². The minimum Gasteiger partial charge on any atom is -0.507 e. The van der Waals surface area contributed by atoms with E-state index in [1.54, 1.807) is 0 Å². The molecular weight excluding hydrogens is 1060 g/mol. The lowest BCUT2D eigenvalue weighted by Crippen LogP contribution is -2.64. The average Bonchev–Trinajstić information content (AvgIpc) is 1.67. The summed E-state index contributed by atoms with van der Waals surface area (Å²) in [5.74, 6) is 1.55. The van der Waals surface area contributed by atoms with Crippen LogP contribution in [0.25, 0.3) is 0 Å². The van der Waals surface area contributed by atoms with Crippen LogP contribution in [-0.2, 0) is 59.0 Å². The summed E-state index contributed by atoms with van der Waals surface area (Å²) in [6.07, 6.45) is 2.06. The fourth-order valence-electron chi connectivity index (χ4n) is 13.6. The van der Waals surface area contributed by atoms with Gasteiger partial charge in [0.25, 0.3) is 0 Å². The molecule has 0 bridgehead atoms. The van der Waals surface area contributed by atoms with E-state index in [2.05, 4.69) is 186 Å². The van der Waals surface area contributed by atoms with Crippen LogP contribution in [0.3, 0.4) is 0 Å². The largest absolute Gasteiger partial charge is 0.507 e. The summed E-state index contributed by atoms with van der Waals surface area (Å²) in [5, 5.41) is 45.2. The Morgan fingerprint density at radius 2 is 0.729 bits per heavy atom. The maximum atomic E-state index is 13.4. The van der Waals surface area contributed by atoms with Gasteiger partial charge in [-0.25, -0.2) is 0 Å². The SMILES string of the molecule is CC(C)(C)c1cc(CCC(=O)OC2CC(C)(C)N(CC(O)COc3ccc(C(C)(C)c4ccc(OCC(O)CN5C(C)(C)CC(OC(=O)CCc6cc(C(C)(C)C)c(O)c(C(C)(C)C)c6)CC5(C)C)cc4)cc3)C(C)(C)C2)cc(C(C)(C)C)c1O. The van der Waals surface area contributed by atoms with Crippen LogP contribution in [0.2, 0.25) is 0 Å². The molecule has 2 fully saturated rings. The normalized spacial score (nSPS) is 18.8. The maximum Gasteiger partial charge on any atom is 0.306 e. The second-order valence-electron chi connectivity index (χ2n) is 32.2. The van der Waals surface area contributed by atoms with Gasteiger partial charge in [-0.15, -0.1) is 0 Å². The molecule has 0 radical (unpaired) electrons. The molecule has 0 spiro atoms. The van der Waals surface area contributed by atoms with Crippen molar-refractivity contribution in [2.75, 3.05) is 26.3 Å². The molecular formula is C73H110N2O10. The molecule has 0 aliphatic carbocycles. The number of nitrogens with zero attached hydrogens (tertiary/aromatic N) is 2. The first-order valence-corrected chi connectivity index (χ1v) is 31.3. The minimum absolute atomic E-state index is 0.124. The number of phenolic OH excluding ortho intramolecular Hbond substituents is 2. The highest BCUT2D eigenvalue weighted by molar-refractivity contribution is 5.70. The molecule has 4 aromatic rings. The van der Waals surface area contributed by atoms with E-state index >= 15 is 0 Å². The standard InChI is InChI=1S/C73H110N2O10/c1-65(2,3)57-35-47(36-58(63(57)80)66(4,5)6)23-33-61(78)84-55-39-69(13,14)74(70(15,16)40-55)43-51(76)45-82-53-29-25-49(26-30-53)73(21,22)50-27-31-54(32-28-50)83-46-52(77)44-75-71(17,18)41-56(42-72(75,19)20)85-62(79)34-24-48-37-59(67(7,8)9)64(81)60(38-48)68(10,11)12/h25-32,35-38,51-52,55-56,76-77,80-81H,23-24,33-34,39-46H2,1-22H3. The van der Waals surface area contributed by atoms with Crippen LogP contribution < -0.4 is 9.47 Å². The smallest absolute Gasteiger partial charge is 0.306 e. The van der Waals surface area contributed by atoms with Crippen molar-refractivity contribution in [1.29, 1.82) is 0 Å². The third-order valence-corrected chi connectivity index (χ3v) is 18.1.